The molecule has 0 saturated carbocycles. The van der Waals surface area contributed by atoms with Crippen molar-refractivity contribution in [2.75, 3.05) is 12.0 Å². The maximum atomic E-state index is 14.1. The molecule has 190 valence electrons. The van der Waals surface area contributed by atoms with Crippen LogP contribution in [0.15, 0.2) is 72.6 Å². The van der Waals surface area contributed by atoms with E-state index < -0.39 is 29.3 Å². The van der Waals surface area contributed by atoms with Crippen LogP contribution in [-0.2, 0) is 25.5 Å². The average Bonchev–Trinajstić information content (AvgIpc) is 3.14. The van der Waals surface area contributed by atoms with Crippen LogP contribution >= 0.6 is 0 Å². The summed E-state index contributed by atoms with van der Waals surface area (Å²) in [7, 11) is 1.35. The Morgan fingerprint density at radius 1 is 1.14 bits per heavy atom. The molecule has 1 aromatic heterocycles. The largest absolute Gasteiger partial charge is 0.507 e. The van der Waals surface area contributed by atoms with Gasteiger partial charge < -0.3 is 14.6 Å². The van der Waals surface area contributed by atoms with Crippen molar-refractivity contribution in [2.45, 2.75) is 32.4 Å². The first-order valence-electron chi connectivity index (χ1n) is 11.5. The van der Waals surface area contributed by atoms with Gasteiger partial charge in [-0.2, -0.15) is 0 Å². The molecule has 0 radical (unpaired) electrons. The van der Waals surface area contributed by atoms with Gasteiger partial charge >= 0.3 is 5.97 Å². The van der Waals surface area contributed by atoms with Crippen molar-refractivity contribution in [1.29, 1.82) is 0 Å². The number of aromatic nitrogens is 1. The van der Waals surface area contributed by atoms with Crippen LogP contribution in [0.3, 0.4) is 0 Å². The number of carbonyl (C=O) groups is 3. The average molecular weight is 505 g/mol. The van der Waals surface area contributed by atoms with E-state index in [0.717, 1.165) is 12.1 Å². The molecule has 1 atom stereocenters. The van der Waals surface area contributed by atoms with Crippen LogP contribution in [-0.4, -0.2) is 41.0 Å². The molecule has 1 fully saturated rings. The summed E-state index contributed by atoms with van der Waals surface area (Å²) in [5.41, 5.74) is 1.19. The molecule has 1 amide bonds. The molecular formula is C28H25FN2O6. The Kier molecular flexibility index (Phi) is 7.33. The Labute approximate surface area is 213 Å². The minimum Gasteiger partial charge on any atom is -0.507 e. The maximum absolute atomic E-state index is 14.1. The summed E-state index contributed by atoms with van der Waals surface area (Å²) in [6.45, 7) is 3.52. The summed E-state index contributed by atoms with van der Waals surface area (Å²) in [5, 5.41) is 11.2. The fourth-order valence-electron chi connectivity index (χ4n) is 4.21. The number of halogens is 1. The fourth-order valence-corrected chi connectivity index (χ4v) is 4.21. The molecule has 0 spiro atoms. The predicted molar refractivity (Wildman–Crippen MR) is 133 cm³/mol. The van der Waals surface area contributed by atoms with Gasteiger partial charge in [-0.1, -0.05) is 18.2 Å². The first-order valence-corrected chi connectivity index (χ1v) is 11.5. The van der Waals surface area contributed by atoms with E-state index in [1.54, 1.807) is 50.2 Å². The van der Waals surface area contributed by atoms with E-state index in [2.05, 4.69) is 4.98 Å². The number of ether oxygens (including phenoxy) is 2. The second kappa shape index (κ2) is 10.6. The number of nitrogens with zero attached hydrogens (tertiary/aromatic N) is 2. The summed E-state index contributed by atoms with van der Waals surface area (Å²) >= 11 is 0. The standard InChI is InChI=1S/C28H25FN2O6/c1-16(2)37-23(32)13-17-6-9-20(10-7-17)31-25(18-5-4-12-30-15-18)24(27(34)28(31)35)26(33)21-14-19(29)8-11-22(21)36-3/h4-12,14-16,25,33H,13H2,1-3H3/b26-24+. The number of methoxy groups -OCH3 is 1. The molecule has 0 bridgehead atoms. The third-order valence-electron chi connectivity index (χ3n) is 5.79. The van der Waals surface area contributed by atoms with Gasteiger partial charge in [0.15, 0.2) is 0 Å². The molecule has 4 rings (SSSR count). The lowest BCUT2D eigenvalue weighted by molar-refractivity contribution is -0.146. The van der Waals surface area contributed by atoms with E-state index in [1.807, 2.05) is 0 Å². The number of esters is 1. The third kappa shape index (κ3) is 5.20. The summed E-state index contributed by atoms with van der Waals surface area (Å²) in [6.07, 6.45) is 2.82. The minimum atomic E-state index is -1.04. The van der Waals surface area contributed by atoms with E-state index in [4.69, 9.17) is 9.47 Å². The molecule has 0 aliphatic carbocycles. The maximum Gasteiger partial charge on any atom is 0.310 e. The van der Waals surface area contributed by atoms with Gasteiger partial charge in [0.2, 0.25) is 0 Å². The van der Waals surface area contributed by atoms with Crippen LogP contribution in [0.1, 0.15) is 36.6 Å². The lowest BCUT2D eigenvalue weighted by Crippen LogP contribution is -2.29. The van der Waals surface area contributed by atoms with Gasteiger partial charge in [0, 0.05) is 18.1 Å². The zero-order valence-corrected chi connectivity index (χ0v) is 20.5. The van der Waals surface area contributed by atoms with Crippen molar-refractivity contribution in [3.05, 3.63) is 95.1 Å². The predicted octanol–water partition coefficient (Wildman–Crippen LogP) is 4.35. The number of hydrogen-bond donors (Lipinski definition) is 1. The fraction of sp³-hybridized carbons (Fsp3) is 0.214. The molecule has 1 unspecified atom stereocenters. The van der Waals surface area contributed by atoms with Gasteiger partial charge in [0.25, 0.3) is 11.7 Å². The first kappa shape index (κ1) is 25.6. The molecule has 1 N–H and O–H groups in total. The highest BCUT2D eigenvalue weighted by Gasteiger charge is 2.47. The van der Waals surface area contributed by atoms with Crippen molar-refractivity contribution < 1.29 is 33.4 Å². The van der Waals surface area contributed by atoms with Crippen molar-refractivity contribution in [3.8, 4) is 5.75 Å². The molecule has 1 aliphatic rings. The van der Waals surface area contributed by atoms with E-state index in [1.165, 1.54) is 30.5 Å². The number of ketones is 1. The number of Topliss-reactive ketones (excluding diaryl/α,β-unsaturated/α-hetero) is 1. The highest BCUT2D eigenvalue weighted by Crippen LogP contribution is 2.43. The Morgan fingerprint density at radius 2 is 1.86 bits per heavy atom. The highest BCUT2D eigenvalue weighted by molar-refractivity contribution is 6.51. The van der Waals surface area contributed by atoms with Gasteiger partial charge in [-0.15, -0.1) is 0 Å². The van der Waals surface area contributed by atoms with Crippen molar-refractivity contribution in [1.82, 2.24) is 4.98 Å². The molecule has 9 heteroatoms. The van der Waals surface area contributed by atoms with Gasteiger partial charge in [0.1, 0.15) is 17.3 Å². The van der Waals surface area contributed by atoms with E-state index >= 15 is 0 Å². The number of aliphatic hydroxyl groups is 1. The van der Waals surface area contributed by atoms with E-state index in [-0.39, 0.29) is 35.4 Å². The molecule has 1 aliphatic heterocycles. The second-order valence-corrected chi connectivity index (χ2v) is 8.68. The number of hydrogen-bond acceptors (Lipinski definition) is 7. The second-order valence-electron chi connectivity index (χ2n) is 8.68. The van der Waals surface area contributed by atoms with Gasteiger partial charge in [-0.3, -0.25) is 24.3 Å². The Balaban J connectivity index is 1.81. The number of aliphatic hydroxyl groups excluding tert-OH is 1. The molecule has 1 saturated heterocycles. The third-order valence-corrected chi connectivity index (χ3v) is 5.79. The van der Waals surface area contributed by atoms with Crippen molar-refractivity contribution in [2.24, 2.45) is 0 Å². The van der Waals surface area contributed by atoms with E-state index in [9.17, 15) is 23.9 Å². The molecule has 8 nitrogen and oxygen atoms in total. The summed E-state index contributed by atoms with van der Waals surface area (Å²) in [4.78, 5) is 43.9. The van der Waals surface area contributed by atoms with E-state index in [0.29, 0.717) is 16.8 Å². The quantitative estimate of drug-likeness (QED) is 0.221. The Hall–Kier alpha value is -4.53. The van der Waals surface area contributed by atoms with Crippen molar-refractivity contribution >= 4 is 29.1 Å². The zero-order chi connectivity index (χ0) is 26.7. The summed E-state index contributed by atoms with van der Waals surface area (Å²) in [6, 6.07) is 12.3. The monoisotopic (exact) mass is 504 g/mol. The van der Waals surface area contributed by atoms with Crippen LogP contribution < -0.4 is 9.64 Å². The molecule has 2 heterocycles. The number of benzene rings is 2. The van der Waals surface area contributed by atoms with Gasteiger partial charge in [0.05, 0.1) is 36.8 Å². The Bertz CT molecular complexity index is 1370. The smallest absolute Gasteiger partial charge is 0.310 e. The first-order chi connectivity index (χ1) is 17.7. The summed E-state index contributed by atoms with van der Waals surface area (Å²) < 4.78 is 24.5. The zero-order valence-electron chi connectivity index (χ0n) is 20.5. The highest BCUT2D eigenvalue weighted by atomic mass is 19.1. The van der Waals surface area contributed by atoms with Crippen LogP contribution in [0.2, 0.25) is 0 Å². The topological polar surface area (TPSA) is 106 Å². The number of carbonyl (C=O) groups excluding carboxylic acids is 3. The molecule has 2 aromatic carbocycles. The van der Waals surface area contributed by atoms with Crippen LogP contribution in [0.4, 0.5) is 10.1 Å². The van der Waals surface area contributed by atoms with Gasteiger partial charge in [-0.25, -0.2) is 4.39 Å². The molecular weight excluding hydrogens is 479 g/mol. The Morgan fingerprint density at radius 3 is 2.49 bits per heavy atom. The minimum absolute atomic E-state index is 0.0443. The lowest BCUT2D eigenvalue weighted by atomic mass is 9.95. The van der Waals surface area contributed by atoms with Crippen LogP contribution in [0, 0.1) is 5.82 Å². The number of amides is 1. The molecule has 37 heavy (non-hydrogen) atoms. The van der Waals surface area contributed by atoms with Crippen LogP contribution in [0.25, 0.3) is 5.76 Å². The summed E-state index contributed by atoms with van der Waals surface area (Å²) in [5.74, 6) is -3.30. The lowest BCUT2D eigenvalue weighted by Gasteiger charge is -2.25. The number of anilines is 1. The number of pyridine rings is 1. The molecule has 3 aromatic rings. The normalized spacial score (nSPS) is 16.8. The van der Waals surface area contributed by atoms with Crippen molar-refractivity contribution in [3.63, 3.8) is 0 Å². The van der Waals surface area contributed by atoms with Crippen LogP contribution in [0.5, 0.6) is 5.75 Å². The number of rotatable bonds is 7. The van der Waals surface area contributed by atoms with Gasteiger partial charge in [-0.05, 0) is 61.4 Å². The SMILES string of the molecule is COc1ccc(F)cc1/C(O)=C1\C(=O)C(=O)N(c2ccc(CC(=O)OC(C)C)cc2)C1c1cccnc1.